The molecular formula is C25H31ClN2O4. The number of hydrogen-bond acceptors (Lipinski definition) is 4. The number of methoxy groups -OCH3 is 1. The van der Waals surface area contributed by atoms with E-state index in [1.165, 1.54) is 0 Å². The Bertz CT molecular complexity index is 932. The first kappa shape index (κ1) is 23.9. The highest BCUT2D eigenvalue weighted by molar-refractivity contribution is 6.31. The maximum absolute atomic E-state index is 12.9. The van der Waals surface area contributed by atoms with Crippen molar-refractivity contribution < 1.29 is 19.1 Å². The number of amides is 2. The molecule has 0 aromatic heterocycles. The van der Waals surface area contributed by atoms with Crippen molar-refractivity contribution in [2.24, 2.45) is 0 Å². The van der Waals surface area contributed by atoms with E-state index in [-0.39, 0.29) is 11.8 Å². The Kier molecular flexibility index (Phi) is 8.39. The minimum Gasteiger partial charge on any atom is -0.497 e. The molecule has 1 aliphatic heterocycles. The quantitative estimate of drug-likeness (QED) is 0.626. The molecule has 2 aromatic carbocycles. The third-order valence-corrected chi connectivity index (χ3v) is 6.16. The van der Waals surface area contributed by atoms with Gasteiger partial charge in [0.25, 0.3) is 5.91 Å². The number of hydrogen-bond donors (Lipinski definition) is 0. The summed E-state index contributed by atoms with van der Waals surface area (Å²) in [6.07, 6.45) is 1.29. The number of rotatable bonds is 7. The van der Waals surface area contributed by atoms with Crippen LogP contribution in [0, 0.1) is 6.92 Å². The molecule has 0 spiro atoms. The first-order valence-electron chi connectivity index (χ1n) is 11.0. The van der Waals surface area contributed by atoms with Gasteiger partial charge in [-0.05, 0) is 68.1 Å². The molecule has 1 saturated heterocycles. The molecule has 1 fully saturated rings. The zero-order chi connectivity index (χ0) is 23.1. The molecular weight excluding hydrogens is 428 g/mol. The summed E-state index contributed by atoms with van der Waals surface area (Å²) in [5.74, 6) is 1.49. The van der Waals surface area contributed by atoms with Crippen LogP contribution in [0.1, 0.15) is 30.9 Å². The topological polar surface area (TPSA) is 59.1 Å². The van der Waals surface area contributed by atoms with E-state index in [1.807, 2.05) is 42.2 Å². The maximum Gasteiger partial charge on any atom is 0.263 e. The summed E-state index contributed by atoms with van der Waals surface area (Å²) in [4.78, 5) is 29.3. The van der Waals surface area contributed by atoms with Crippen molar-refractivity contribution in [2.45, 2.75) is 39.2 Å². The van der Waals surface area contributed by atoms with Gasteiger partial charge in [0.05, 0.1) is 7.11 Å². The number of carbonyl (C=O) groups is 2. The van der Waals surface area contributed by atoms with Crippen LogP contribution in [-0.2, 0) is 16.0 Å². The lowest BCUT2D eigenvalue weighted by molar-refractivity contribution is -0.138. The lowest BCUT2D eigenvalue weighted by Gasteiger charge is -2.25. The van der Waals surface area contributed by atoms with Crippen LogP contribution in [0.5, 0.6) is 11.5 Å². The van der Waals surface area contributed by atoms with E-state index in [0.29, 0.717) is 49.8 Å². The third kappa shape index (κ3) is 6.39. The molecule has 0 N–H and O–H groups in total. The summed E-state index contributed by atoms with van der Waals surface area (Å²) < 4.78 is 11.0. The summed E-state index contributed by atoms with van der Waals surface area (Å²) in [5.41, 5.74) is 2.01. The van der Waals surface area contributed by atoms with Crippen LogP contribution in [0.25, 0.3) is 0 Å². The highest BCUT2D eigenvalue weighted by atomic mass is 35.5. The second-order valence-corrected chi connectivity index (χ2v) is 8.49. The molecule has 0 bridgehead atoms. The van der Waals surface area contributed by atoms with E-state index in [2.05, 4.69) is 0 Å². The maximum atomic E-state index is 12.9. The smallest absolute Gasteiger partial charge is 0.263 e. The van der Waals surface area contributed by atoms with Crippen molar-refractivity contribution in [1.29, 1.82) is 0 Å². The van der Waals surface area contributed by atoms with Crippen molar-refractivity contribution in [1.82, 2.24) is 9.80 Å². The molecule has 0 radical (unpaired) electrons. The fraction of sp³-hybridized carbons (Fsp3) is 0.440. The number of ether oxygens (including phenoxy) is 2. The van der Waals surface area contributed by atoms with Gasteiger partial charge >= 0.3 is 0 Å². The summed E-state index contributed by atoms with van der Waals surface area (Å²) in [5, 5.41) is 0.667. The van der Waals surface area contributed by atoms with Crippen LogP contribution in [0.15, 0.2) is 42.5 Å². The van der Waals surface area contributed by atoms with E-state index < -0.39 is 6.10 Å². The second kappa shape index (κ2) is 11.2. The molecule has 1 heterocycles. The second-order valence-electron chi connectivity index (χ2n) is 8.08. The number of nitrogens with zero attached hydrogens (tertiary/aromatic N) is 2. The summed E-state index contributed by atoms with van der Waals surface area (Å²) >= 11 is 6.06. The van der Waals surface area contributed by atoms with Gasteiger partial charge in [0.15, 0.2) is 6.10 Å². The molecule has 1 atom stereocenters. The SMILES string of the molecule is COc1ccc(CCC(=O)N2CCCN(C(=O)C(C)Oc3ccc(Cl)c(C)c3)CC2)cc1. The van der Waals surface area contributed by atoms with Gasteiger partial charge in [-0.3, -0.25) is 9.59 Å². The number of benzene rings is 2. The Morgan fingerprint density at radius 3 is 2.34 bits per heavy atom. The van der Waals surface area contributed by atoms with Crippen LogP contribution < -0.4 is 9.47 Å². The minimum atomic E-state index is -0.604. The van der Waals surface area contributed by atoms with Gasteiger partial charge in [0.1, 0.15) is 11.5 Å². The first-order chi connectivity index (χ1) is 15.4. The molecule has 0 aliphatic carbocycles. The Morgan fingerprint density at radius 2 is 1.66 bits per heavy atom. The largest absolute Gasteiger partial charge is 0.497 e. The monoisotopic (exact) mass is 458 g/mol. The summed E-state index contributed by atoms with van der Waals surface area (Å²) in [6.45, 7) is 6.00. The molecule has 0 saturated carbocycles. The fourth-order valence-corrected chi connectivity index (χ4v) is 3.91. The van der Waals surface area contributed by atoms with Crippen molar-refractivity contribution in [2.75, 3.05) is 33.3 Å². The van der Waals surface area contributed by atoms with Crippen LogP contribution in [0.3, 0.4) is 0 Å². The third-order valence-electron chi connectivity index (χ3n) is 5.74. The van der Waals surface area contributed by atoms with E-state index >= 15 is 0 Å². The Morgan fingerprint density at radius 1 is 1.00 bits per heavy atom. The highest BCUT2D eigenvalue weighted by Crippen LogP contribution is 2.22. The Labute approximate surface area is 195 Å². The van der Waals surface area contributed by atoms with Crippen molar-refractivity contribution in [3.63, 3.8) is 0 Å². The molecule has 172 valence electrons. The van der Waals surface area contributed by atoms with Crippen LogP contribution in [0.2, 0.25) is 5.02 Å². The average molecular weight is 459 g/mol. The average Bonchev–Trinajstić information content (AvgIpc) is 3.06. The molecule has 2 amide bonds. The van der Waals surface area contributed by atoms with Gasteiger partial charge in [0, 0.05) is 37.6 Å². The predicted octanol–water partition coefficient (Wildman–Crippen LogP) is 4.12. The van der Waals surface area contributed by atoms with Gasteiger partial charge in [-0.1, -0.05) is 23.7 Å². The van der Waals surface area contributed by atoms with Gasteiger partial charge in [0.2, 0.25) is 5.91 Å². The summed E-state index contributed by atoms with van der Waals surface area (Å²) in [6, 6.07) is 13.2. The molecule has 32 heavy (non-hydrogen) atoms. The standard InChI is InChI=1S/C25H31ClN2O4/c1-18-17-22(10-11-23(18)26)32-19(2)25(30)28-14-4-13-27(15-16-28)24(29)12-7-20-5-8-21(31-3)9-6-20/h5-6,8-11,17,19H,4,7,12-16H2,1-3H3. The van der Waals surface area contributed by atoms with Crippen molar-refractivity contribution in [3.05, 3.63) is 58.6 Å². The van der Waals surface area contributed by atoms with Gasteiger partial charge in [-0.2, -0.15) is 0 Å². The Hall–Kier alpha value is -2.73. The minimum absolute atomic E-state index is 0.0647. The van der Waals surface area contributed by atoms with Crippen LogP contribution in [0.4, 0.5) is 0 Å². The molecule has 6 nitrogen and oxygen atoms in total. The number of carbonyl (C=O) groups excluding carboxylic acids is 2. The van der Waals surface area contributed by atoms with E-state index in [0.717, 1.165) is 23.3 Å². The normalized spacial score (nSPS) is 15.1. The van der Waals surface area contributed by atoms with Gasteiger partial charge in [-0.15, -0.1) is 0 Å². The zero-order valence-electron chi connectivity index (χ0n) is 19.0. The highest BCUT2D eigenvalue weighted by Gasteiger charge is 2.26. The molecule has 7 heteroatoms. The zero-order valence-corrected chi connectivity index (χ0v) is 19.7. The van der Waals surface area contributed by atoms with Crippen molar-refractivity contribution in [3.8, 4) is 11.5 Å². The fourth-order valence-electron chi connectivity index (χ4n) is 3.79. The Balaban J connectivity index is 1.49. The van der Waals surface area contributed by atoms with Crippen LogP contribution >= 0.6 is 11.6 Å². The lowest BCUT2D eigenvalue weighted by atomic mass is 10.1. The first-order valence-corrected chi connectivity index (χ1v) is 11.4. The lowest BCUT2D eigenvalue weighted by Crippen LogP contribution is -2.43. The van der Waals surface area contributed by atoms with Gasteiger partial charge < -0.3 is 19.3 Å². The predicted molar refractivity (Wildman–Crippen MR) is 125 cm³/mol. The number of halogens is 1. The molecule has 2 aromatic rings. The summed E-state index contributed by atoms with van der Waals surface area (Å²) in [7, 11) is 1.64. The molecule has 3 rings (SSSR count). The molecule has 1 aliphatic rings. The van der Waals surface area contributed by atoms with E-state index in [1.54, 1.807) is 31.1 Å². The molecule has 1 unspecified atom stereocenters. The van der Waals surface area contributed by atoms with Crippen molar-refractivity contribution >= 4 is 23.4 Å². The van der Waals surface area contributed by atoms with E-state index in [4.69, 9.17) is 21.1 Å². The van der Waals surface area contributed by atoms with E-state index in [9.17, 15) is 9.59 Å². The van der Waals surface area contributed by atoms with Crippen LogP contribution in [-0.4, -0.2) is 61.0 Å². The number of aryl methyl sites for hydroxylation is 2. The van der Waals surface area contributed by atoms with Gasteiger partial charge in [-0.25, -0.2) is 0 Å².